The lowest BCUT2D eigenvalue weighted by atomic mass is 9.47. The van der Waals surface area contributed by atoms with E-state index in [2.05, 4.69) is 58.3 Å². The molecule has 3 nitrogen and oxygen atoms in total. The highest BCUT2D eigenvalue weighted by molar-refractivity contribution is 5.82. The van der Waals surface area contributed by atoms with Gasteiger partial charge in [0, 0.05) is 17.7 Å². The van der Waals surface area contributed by atoms with Gasteiger partial charge in [0.2, 0.25) is 0 Å². The Kier molecular flexibility index (Phi) is 12.5. The van der Waals surface area contributed by atoms with Crippen molar-refractivity contribution in [3.05, 3.63) is 11.6 Å². The van der Waals surface area contributed by atoms with Crippen molar-refractivity contribution in [3.63, 3.8) is 0 Å². The molecule has 0 aromatic rings. The number of rotatable bonds is 8. The van der Waals surface area contributed by atoms with Gasteiger partial charge in [0.15, 0.2) is 0 Å². The summed E-state index contributed by atoms with van der Waals surface area (Å²) >= 11 is 0. The Morgan fingerprint density at radius 3 is 2.40 bits per heavy atom. The third-order valence-electron chi connectivity index (χ3n) is 10.1. The lowest BCUT2D eigenvalue weighted by molar-refractivity contribution is -0.0431. The Labute approximate surface area is 219 Å². The third kappa shape index (κ3) is 7.22. The maximum absolute atomic E-state index is 8.25. The van der Waals surface area contributed by atoms with Crippen LogP contribution in [0.2, 0.25) is 0 Å². The molecule has 4 rings (SSSR count). The predicted molar refractivity (Wildman–Crippen MR) is 155 cm³/mol. The average molecular weight is 488 g/mol. The molecule has 0 amide bonds. The van der Waals surface area contributed by atoms with E-state index < -0.39 is 0 Å². The molecule has 0 aromatic heterocycles. The molecule has 0 radical (unpaired) electrons. The summed E-state index contributed by atoms with van der Waals surface area (Å²) in [6.07, 6.45) is 17.7. The van der Waals surface area contributed by atoms with Crippen LogP contribution < -0.4 is 10.6 Å². The van der Waals surface area contributed by atoms with E-state index in [1.165, 1.54) is 70.6 Å². The zero-order chi connectivity index (χ0) is 26.1. The summed E-state index contributed by atoms with van der Waals surface area (Å²) in [6, 6.07) is 0.633. The number of allylic oxidation sites excluding steroid dienone is 2. The number of fused-ring (bicyclic) bond motifs is 5. The van der Waals surface area contributed by atoms with E-state index >= 15 is 0 Å². The second kappa shape index (κ2) is 14.3. The first-order valence-corrected chi connectivity index (χ1v) is 15.4. The highest BCUT2D eigenvalue weighted by Gasteiger charge is 2.58. The zero-order valence-electron chi connectivity index (χ0n) is 24.9. The van der Waals surface area contributed by atoms with Crippen LogP contribution in [-0.4, -0.2) is 31.4 Å². The quantitative estimate of drug-likeness (QED) is 0.183. The van der Waals surface area contributed by atoms with Crippen LogP contribution in [0.5, 0.6) is 0 Å². The Bertz CT molecular complexity index is 668. The van der Waals surface area contributed by atoms with Crippen LogP contribution in [0.1, 0.15) is 126 Å². The maximum atomic E-state index is 8.25. The van der Waals surface area contributed by atoms with E-state index in [0.29, 0.717) is 22.8 Å². The second-order valence-electron chi connectivity index (χ2n) is 12.5. The molecule has 3 saturated carbocycles. The first-order chi connectivity index (χ1) is 16.7. The molecule has 0 spiro atoms. The first-order valence-electron chi connectivity index (χ1n) is 15.4. The number of hydrogen-bond acceptors (Lipinski definition) is 3. The van der Waals surface area contributed by atoms with Gasteiger partial charge in [-0.05, 0) is 126 Å². The van der Waals surface area contributed by atoms with Gasteiger partial charge in [0.25, 0.3) is 0 Å². The Morgan fingerprint density at radius 1 is 1.03 bits per heavy atom. The standard InChI is InChI=1S/C21H33N.C9H22N2.C2H6/c1-14(22)17-9-10-18-16-8-7-15-6-4-5-12-20(15,2)19(16)11-13-21(17,18)3;1-4-10-7-5-6-8-11-9(2)3;1-2/h6,16-19,22H,4-5,7-13H2,1-3H3;9-11H,4-8H2,1-3H3;1-2H3. The number of nitrogens with one attached hydrogen (secondary N) is 3. The molecule has 0 aromatic carbocycles. The van der Waals surface area contributed by atoms with Gasteiger partial charge in [0.1, 0.15) is 0 Å². The fraction of sp³-hybridized carbons (Fsp3) is 0.906. The van der Waals surface area contributed by atoms with Gasteiger partial charge in [-0.15, -0.1) is 0 Å². The maximum Gasteiger partial charge on any atom is 0.00946 e. The Morgan fingerprint density at radius 2 is 1.74 bits per heavy atom. The van der Waals surface area contributed by atoms with Crippen molar-refractivity contribution in [2.45, 2.75) is 132 Å². The monoisotopic (exact) mass is 487 g/mol. The topological polar surface area (TPSA) is 47.9 Å². The van der Waals surface area contributed by atoms with Gasteiger partial charge in [-0.1, -0.05) is 60.1 Å². The van der Waals surface area contributed by atoms with Crippen LogP contribution in [0, 0.1) is 39.9 Å². The lowest BCUT2D eigenvalue weighted by Gasteiger charge is -2.58. The van der Waals surface area contributed by atoms with Crippen LogP contribution in [0.25, 0.3) is 0 Å². The zero-order valence-corrected chi connectivity index (χ0v) is 24.9. The van der Waals surface area contributed by atoms with Crippen LogP contribution in [0.15, 0.2) is 11.6 Å². The third-order valence-corrected chi connectivity index (χ3v) is 10.1. The van der Waals surface area contributed by atoms with Crippen molar-refractivity contribution >= 4 is 5.71 Å². The van der Waals surface area contributed by atoms with E-state index in [-0.39, 0.29) is 0 Å². The molecule has 3 N–H and O–H groups in total. The second-order valence-corrected chi connectivity index (χ2v) is 12.5. The molecule has 3 heteroatoms. The molecule has 6 unspecified atom stereocenters. The lowest BCUT2D eigenvalue weighted by Crippen LogP contribution is -2.50. The van der Waals surface area contributed by atoms with Gasteiger partial charge >= 0.3 is 0 Å². The fourth-order valence-electron chi connectivity index (χ4n) is 8.41. The molecular formula is C32H61N3. The van der Waals surface area contributed by atoms with Gasteiger partial charge in [-0.2, -0.15) is 0 Å². The van der Waals surface area contributed by atoms with Crippen molar-refractivity contribution in [1.82, 2.24) is 10.6 Å². The molecule has 204 valence electrons. The molecule has 0 aliphatic heterocycles. The molecule has 3 fully saturated rings. The molecule has 35 heavy (non-hydrogen) atoms. The summed E-state index contributed by atoms with van der Waals surface area (Å²) in [5.74, 6) is 3.37. The Hall–Kier alpha value is -0.670. The minimum atomic E-state index is 0.444. The van der Waals surface area contributed by atoms with Gasteiger partial charge in [-0.25, -0.2) is 0 Å². The summed E-state index contributed by atoms with van der Waals surface area (Å²) in [5, 5.41) is 15.0. The van der Waals surface area contributed by atoms with E-state index in [0.717, 1.165) is 43.1 Å². The average Bonchev–Trinajstić information content (AvgIpc) is 3.20. The predicted octanol–water partition coefficient (Wildman–Crippen LogP) is 8.40. The van der Waals surface area contributed by atoms with Crippen LogP contribution in [-0.2, 0) is 0 Å². The van der Waals surface area contributed by atoms with Gasteiger partial charge < -0.3 is 16.0 Å². The van der Waals surface area contributed by atoms with Gasteiger partial charge in [-0.3, -0.25) is 0 Å². The minimum Gasteiger partial charge on any atom is -0.317 e. The van der Waals surface area contributed by atoms with E-state index in [1.54, 1.807) is 0 Å². The van der Waals surface area contributed by atoms with Crippen molar-refractivity contribution in [3.8, 4) is 0 Å². The summed E-state index contributed by atoms with van der Waals surface area (Å²) in [7, 11) is 0. The first kappa shape index (κ1) is 30.6. The summed E-state index contributed by atoms with van der Waals surface area (Å²) in [5.41, 5.74) is 3.75. The summed E-state index contributed by atoms with van der Waals surface area (Å²) < 4.78 is 0. The smallest absolute Gasteiger partial charge is 0.00946 e. The molecule has 0 bridgehead atoms. The molecule has 0 heterocycles. The molecule has 0 saturated heterocycles. The summed E-state index contributed by atoms with van der Waals surface area (Å²) in [4.78, 5) is 0. The molecular weight excluding hydrogens is 426 g/mol. The van der Waals surface area contributed by atoms with Crippen LogP contribution in [0.4, 0.5) is 0 Å². The highest BCUT2D eigenvalue weighted by atomic mass is 14.9. The highest BCUT2D eigenvalue weighted by Crippen LogP contribution is 2.66. The largest absolute Gasteiger partial charge is 0.317 e. The normalized spacial score (nSPS) is 35.4. The summed E-state index contributed by atoms with van der Waals surface area (Å²) in [6.45, 7) is 21.1. The number of unbranched alkanes of at least 4 members (excludes halogenated alkanes) is 1. The Balaban J connectivity index is 0.000000284. The van der Waals surface area contributed by atoms with E-state index in [1.807, 2.05) is 19.4 Å². The number of hydrogen-bond donors (Lipinski definition) is 3. The SMILES string of the molecule is CC.CC(=N)C1CCC2C3CCC4=CCCCC4(C)C3CCC12C.CCNCCCCNC(C)C. The molecule has 4 aliphatic rings. The van der Waals surface area contributed by atoms with Crippen LogP contribution >= 0.6 is 0 Å². The molecule has 4 aliphatic carbocycles. The minimum absolute atomic E-state index is 0.444. The van der Waals surface area contributed by atoms with Crippen molar-refractivity contribution < 1.29 is 0 Å². The van der Waals surface area contributed by atoms with Crippen molar-refractivity contribution in [2.75, 3.05) is 19.6 Å². The van der Waals surface area contributed by atoms with Gasteiger partial charge in [0.05, 0.1) is 0 Å². The molecule has 6 atom stereocenters. The van der Waals surface area contributed by atoms with E-state index in [9.17, 15) is 0 Å². The van der Waals surface area contributed by atoms with Crippen molar-refractivity contribution in [2.24, 2.45) is 34.5 Å². The fourth-order valence-corrected chi connectivity index (χ4v) is 8.41. The van der Waals surface area contributed by atoms with E-state index in [4.69, 9.17) is 5.41 Å². The van der Waals surface area contributed by atoms with Crippen LogP contribution in [0.3, 0.4) is 0 Å². The van der Waals surface area contributed by atoms with Crippen molar-refractivity contribution in [1.29, 1.82) is 5.41 Å².